The lowest BCUT2D eigenvalue weighted by atomic mass is 9.98. The number of carboxylic acids is 1. The van der Waals surface area contributed by atoms with E-state index in [0.717, 1.165) is 30.1 Å². The molecule has 2 rings (SSSR count). The summed E-state index contributed by atoms with van der Waals surface area (Å²) in [6, 6.07) is 6.31. The highest BCUT2D eigenvalue weighted by Crippen LogP contribution is 2.26. The van der Waals surface area contributed by atoms with Crippen molar-refractivity contribution in [2.75, 3.05) is 18.0 Å². The van der Waals surface area contributed by atoms with E-state index in [1.54, 1.807) is 6.08 Å². The molecular weight excluding hydrogens is 262 g/mol. The quantitative estimate of drug-likeness (QED) is 0.847. The molecule has 0 amide bonds. The van der Waals surface area contributed by atoms with Crippen LogP contribution in [-0.4, -0.2) is 24.2 Å². The number of hydrogen-bond acceptors (Lipinski definition) is 2. The standard InChI is InChI=1S/C18H25NO2/c1-3-15-5-4-11-19(12-10-15)17-8-6-16(14(2)13-17)7-9-18(20)21/h6-9,13,15H,3-5,10-12H2,1-2H3,(H,20,21). The number of benzene rings is 1. The van der Waals surface area contributed by atoms with E-state index in [1.165, 1.54) is 37.4 Å². The lowest BCUT2D eigenvalue weighted by Gasteiger charge is -2.23. The van der Waals surface area contributed by atoms with Gasteiger partial charge in [-0.15, -0.1) is 0 Å². The smallest absolute Gasteiger partial charge is 0.328 e. The molecule has 1 heterocycles. The number of carbonyl (C=O) groups is 1. The van der Waals surface area contributed by atoms with Crippen LogP contribution in [0.5, 0.6) is 0 Å². The molecule has 1 aliphatic heterocycles. The molecule has 0 spiro atoms. The first-order chi connectivity index (χ1) is 10.1. The zero-order chi connectivity index (χ0) is 15.2. The van der Waals surface area contributed by atoms with Crippen LogP contribution in [0.25, 0.3) is 6.08 Å². The molecule has 3 nitrogen and oxygen atoms in total. The van der Waals surface area contributed by atoms with Gasteiger partial charge in [-0.05, 0) is 61.4 Å². The minimum Gasteiger partial charge on any atom is -0.478 e. The zero-order valence-corrected chi connectivity index (χ0v) is 13.0. The van der Waals surface area contributed by atoms with Gasteiger partial charge in [0.2, 0.25) is 0 Å². The molecule has 1 fully saturated rings. The van der Waals surface area contributed by atoms with Crippen LogP contribution in [0.3, 0.4) is 0 Å². The van der Waals surface area contributed by atoms with Gasteiger partial charge >= 0.3 is 5.97 Å². The van der Waals surface area contributed by atoms with E-state index in [2.05, 4.69) is 24.0 Å². The molecule has 0 saturated carbocycles. The second kappa shape index (κ2) is 7.30. The van der Waals surface area contributed by atoms with Crippen molar-refractivity contribution in [1.82, 2.24) is 0 Å². The van der Waals surface area contributed by atoms with E-state index >= 15 is 0 Å². The Kier molecular flexibility index (Phi) is 5.43. The first-order valence-corrected chi connectivity index (χ1v) is 7.86. The maximum absolute atomic E-state index is 10.6. The van der Waals surface area contributed by atoms with Crippen LogP contribution in [-0.2, 0) is 4.79 Å². The van der Waals surface area contributed by atoms with Crippen molar-refractivity contribution in [3.05, 3.63) is 35.4 Å². The predicted molar refractivity (Wildman–Crippen MR) is 87.7 cm³/mol. The van der Waals surface area contributed by atoms with Crippen molar-refractivity contribution in [1.29, 1.82) is 0 Å². The van der Waals surface area contributed by atoms with E-state index in [-0.39, 0.29) is 0 Å². The largest absolute Gasteiger partial charge is 0.478 e. The van der Waals surface area contributed by atoms with Gasteiger partial charge in [0.15, 0.2) is 0 Å². The fraction of sp³-hybridized carbons (Fsp3) is 0.500. The Morgan fingerprint density at radius 2 is 2.19 bits per heavy atom. The fourth-order valence-corrected chi connectivity index (χ4v) is 3.04. The Labute approximate surface area is 127 Å². The van der Waals surface area contributed by atoms with Crippen molar-refractivity contribution >= 4 is 17.7 Å². The molecule has 1 aromatic carbocycles. The average Bonchev–Trinajstić information content (AvgIpc) is 2.71. The van der Waals surface area contributed by atoms with Crippen LogP contribution < -0.4 is 4.90 Å². The van der Waals surface area contributed by atoms with Gasteiger partial charge in [-0.3, -0.25) is 0 Å². The molecule has 21 heavy (non-hydrogen) atoms. The van der Waals surface area contributed by atoms with Crippen LogP contribution in [0.4, 0.5) is 5.69 Å². The molecule has 1 saturated heterocycles. The molecule has 1 atom stereocenters. The maximum atomic E-state index is 10.6. The highest BCUT2D eigenvalue weighted by Gasteiger charge is 2.16. The van der Waals surface area contributed by atoms with Crippen molar-refractivity contribution in [3.63, 3.8) is 0 Å². The van der Waals surface area contributed by atoms with Crippen molar-refractivity contribution in [2.24, 2.45) is 5.92 Å². The molecule has 1 aliphatic rings. The summed E-state index contributed by atoms with van der Waals surface area (Å²) < 4.78 is 0. The summed E-state index contributed by atoms with van der Waals surface area (Å²) in [6.45, 7) is 6.58. The van der Waals surface area contributed by atoms with Gasteiger partial charge in [-0.25, -0.2) is 4.79 Å². The van der Waals surface area contributed by atoms with Crippen LogP contribution in [0.15, 0.2) is 24.3 Å². The van der Waals surface area contributed by atoms with Gasteiger partial charge < -0.3 is 10.0 Å². The molecule has 0 radical (unpaired) electrons. The molecule has 0 aromatic heterocycles. The summed E-state index contributed by atoms with van der Waals surface area (Å²) in [7, 11) is 0. The first-order valence-electron chi connectivity index (χ1n) is 7.86. The second-order valence-corrected chi connectivity index (χ2v) is 5.90. The SMILES string of the molecule is CCC1CCCN(c2ccc(C=CC(=O)O)c(C)c2)CC1. The average molecular weight is 287 g/mol. The minimum absolute atomic E-state index is 0.869. The van der Waals surface area contributed by atoms with Crippen LogP contribution in [0.2, 0.25) is 0 Å². The number of carboxylic acid groups (broad SMARTS) is 1. The number of rotatable bonds is 4. The van der Waals surface area contributed by atoms with E-state index in [0.29, 0.717) is 0 Å². The number of aliphatic carboxylic acids is 1. The molecule has 1 unspecified atom stereocenters. The highest BCUT2D eigenvalue weighted by molar-refractivity contribution is 5.85. The summed E-state index contributed by atoms with van der Waals surface area (Å²) in [4.78, 5) is 13.1. The van der Waals surface area contributed by atoms with Crippen LogP contribution in [0, 0.1) is 12.8 Å². The van der Waals surface area contributed by atoms with E-state index < -0.39 is 5.97 Å². The van der Waals surface area contributed by atoms with Crippen LogP contribution in [0.1, 0.15) is 43.7 Å². The number of nitrogens with zero attached hydrogens (tertiary/aromatic N) is 1. The van der Waals surface area contributed by atoms with Gasteiger partial charge in [0, 0.05) is 24.9 Å². The summed E-state index contributed by atoms with van der Waals surface area (Å²) in [6.07, 6.45) is 8.02. The minimum atomic E-state index is -0.906. The van der Waals surface area contributed by atoms with Gasteiger partial charge in [0.1, 0.15) is 0 Å². The number of aryl methyl sites for hydroxylation is 1. The number of anilines is 1. The summed E-state index contributed by atoms with van der Waals surface area (Å²) in [5.74, 6) is -0.0366. The molecule has 0 bridgehead atoms. The van der Waals surface area contributed by atoms with Crippen molar-refractivity contribution < 1.29 is 9.90 Å². The predicted octanol–water partition coefficient (Wildman–Crippen LogP) is 4.11. The molecule has 114 valence electrons. The van der Waals surface area contributed by atoms with Gasteiger partial charge in [-0.1, -0.05) is 19.4 Å². The fourth-order valence-electron chi connectivity index (χ4n) is 3.04. The van der Waals surface area contributed by atoms with E-state index in [4.69, 9.17) is 5.11 Å². The Morgan fingerprint density at radius 1 is 1.38 bits per heavy atom. The Balaban J connectivity index is 2.10. The van der Waals surface area contributed by atoms with Gasteiger partial charge in [-0.2, -0.15) is 0 Å². The van der Waals surface area contributed by atoms with Gasteiger partial charge in [0.05, 0.1) is 0 Å². The second-order valence-electron chi connectivity index (χ2n) is 5.90. The lowest BCUT2D eigenvalue weighted by Crippen LogP contribution is -2.24. The third kappa shape index (κ3) is 4.35. The monoisotopic (exact) mass is 287 g/mol. The third-order valence-corrected chi connectivity index (χ3v) is 4.45. The van der Waals surface area contributed by atoms with Crippen molar-refractivity contribution in [3.8, 4) is 0 Å². The summed E-state index contributed by atoms with van der Waals surface area (Å²) in [5.41, 5.74) is 3.36. The van der Waals surface area contributed by atoms with E-state index in [9.17, 15) is 4.79 Å². The topological polar surface area (TPSA) is 40.5 Å². The highest BCUT2D eigenvalue weighted by atomic mass is 16.4. The lowest BCUT2D eigenvalue weighted by molar-refractivity contribution is -0.131. The molecular formula is C18H25NO2. The summed E-state index contributed by atoms with van der Waals surface area (Å²) in [5, 5.41) is 8.71. The number of hydrogen-bond donors (Lipinski definition) is 1. The maximum Gasteiger partial charge on any atom is 0.328 e. The Hall–Kier alpha value is -1.77. The molecule has 0 aliphatic carbocycles. The van der Waals surface area contributed by atoms with E-state index in [1.807, 2.05) is 13.0 Å². The van der Waals surface area contributed by atoms with Crippen molar-refractivity contribution in [2.45, 2.75) is 39.5 Å². The third-order valence-electron chi connectivity index (χ3n) is 4.45. The first kappa shape index (κ1) is 15.6. The van der Waals surface area contributed by atoms with Gasteiger partial charge in [0.25, 0.3) is 0 Å². The molecule has 1 N–H and O–H groups in total. The summed E-state index contributed by atoms with van der Waals surface area (Å²) >= 11 is 0. The molecule has 1 aromatic rings. The normalized spacial score (nSPS) is 19.7. The Bertz CT molecular complexity index is 522. The Morgan fingerprint density at radius 3 is 2.86 bits per heavy atom. The zero-order valence-electron chi connectivity index (χ0n) is 13.0. The van der Waals surface area contributed by atoms with Crippen LogP contribution >= 0.6 is 0 Å². The molecule has 3 heteroatoms.